The van der Waals surface area contributed by atoms with Crippen LogP contribution in [-0.2, 0) is 4.74 Å². The van der Waals surface area contributed by atoms with E-state index in [-0.39, 0.29) is 12.5 Å². The second-order valence-electron chi connectivity index (χ2n) is 5.28. The normalized spacial score (nSPS) is 17.1. The molecular formula is C17H21NO3. The van der Waals surface area contributed by atoms with E-state index in [9.17, 15) is 4.79 Å². The van der Waals surface area contributed by atoms with Crippen LogP contribution in [0.2, 0.25) is 0 Å². The van der Waals surface area contributed by atoms with Crippen molar-refractivity contribution in [1.82, 2.24) is 5.32 Å². The van der Waals surface area contributed by atoms with Gasteiger partial charge in [0.25, 0.3) is 5.91 Å². The number of nitrogens with one attached hydrogen (secondary N) is 1. The van der Waals surface area contributed by atoms with E-state index in [0.717, 1.165) is 31.6 Å². The van der Waals surface area contributed by atoms with Crippen molar-refractivity contribution >= 4 is 5.91 Å². The van der Waals surface area contributed by atoms with Crippen molar-refractivity contribution in [1.29, 1.82) is 0 Å². The van der Waals surface area contributed by atoms with Gasteiger partial charge >= 0.3 is 0 Å². The van der Waals surface area contributed by atoms with Crippen molar-refractivity contribution in [3.63, 3.8) is 0 Å². The van der Waals surface area contributed by atoms with Gasteiger partial charge in [-0.3, -0.25) is 4.79 Å². The van der Waals surface area contributed by atoms with Crippen molar-refractivity contribution in [3.8, 4) is 11.8 Å². The Balaban J connectivity index is 1.98. The molecule has 1 aliphatic heterocycles. The summed E-state index contributed by atoms with van der Waals surface area (Å²) in [4.78, 5) is 12.3. The van der Waals surface area contributed by atoms with Gasteiger partial charge in [0.2, 0.25) is 0 Å². The molecule has 21 heavy (non-hydrogen) atoms. The molecule has 0 saturated carbocycles. The summed E-state index contributed by atoms with van der Waals surface area (Å²) >= 11 is 0. The third-order valence-corrected chi connectivity index (χ3v) is 3.58. The maximum atomic E-state index is 12.3. The predicted molar refractivity (Wildman–Crippen MR) is 81.0 cm³/mol. The topological polar surface area (TPSA) is 58.6 Å². The summed E-state index contributed by atoms with van der Waals surface area (Å²) in [7, 11) is 0. The van der Waals surface area contributed by atoms with Crippen molar-refractivity contribution in [2.24, 2.45) is 5.92 Å². The van der Waals surface area contributed by atoms with E-state index < -0.39 is 0 Å². The van der Waals surface area contributed by atoms with Crippen LogP contribution >= 0.6 is 0 Å². The Morgan fingerprint density at radius 1 is 1.52 bits per heavy atom. The molecule has 1 saturated heterocycles. The summed E-state index contributed by atoms with van der Waals surface area (Å²) in [6, 6.07) is 5.56. The molecule has 2 rings (SSSR count). The van der Waals surface area contributed by atoms with Gasteiger partial charge in [-0.15, -0.1) is 0 Å². The van der Waals surface area contributed by atoms with Crippen LogP contribution in [0.15, 0.2) is 18.2 Å². The Kier molecular flexibility index (Phi) is 5.79. The first kappa shape index (κ1) is 15.6. The third-order valence-electron chi connectivity index (χ3n) is 3.58. The van der Waals surface area contributed by atoms with Gasteiger partial charge in [-0.25, -0.2) is 0 Å². The SMILES string of the molecule is Cc1ccc(C#CCO)c(C(=O)NCCC2CCOC2)c1. The van der Waals surface area contributed by atoms with Crippen LogP contribution in [0, 0.1) is 24.7 Å². The van der Waals surface area contributed by atoms with Crippen LogP contribution in [0.3, 0.4) is 0 Å². The molecule has 2 N–H and O–H groups in total. The minimum atomic E-state index is -0.212. The molecule has 1 heterocycles. The highest BCUT2D eigenvalue weighted by Crippen LogP contribution is 2.16. The number of benzene rings is 1. The van der Waals surface area contributed by atoms with E-state index >= 15 is 0 Å². The van der Waals surface area contributed by atoms with E-state index in [2.05, 4.69) is 17.2 Å². The molecule has 1 aromatic rings. The van der Waals surface area contributed by atoms with Gasteiger partial charge in [0.1, 0.15) is 6.61 Å². The average molecular weight is 287 g/mol. The number of rotatable bonds is 4. The maximum absolute atomic E-state index is 12.3. The molecule has 1 unspecified atom stereocenters. The number of aliphatic hydroxyl groups is 1. The maximum Gasteiger partial charge on any atom is 0.252 e. The summed E-state index contributed by atoms with van der Waals surface area (Å²) in [5.41, 5.74) is 2.23. The van der Waals surface area contributed by atoms with Crippen LogP contribution in [-0.4, -0.2) is 37.4 Å². The lowest BCUT2D eigenvalue weighted by atomic mass is 10.0. The van der Waals surface area contributed by atoms with Crippen LogP contribution < -0.4 is 5.32 Å². The molecule has 0 spiro atoms. The molecule has 1 amide bonds. The fourth-order valence-electron chi connectivity index (χ4n) is 2.39. The fraction of sp³-hybridized carbons (Fsp3) is 0.471. The molecule has 1 aliphatic rings. The number of amides is 1. The Bertz CT molecular complexity index is 551. The lowest BCUT2D eigenvalue weighted by Crippen LogP contribution is -2.26. The van der Waals surface area contributed by atoms with Gasteiger partial charge in [0, 0.05) is 25.3 Å². The molecule has 1 atom stereocenters. The molecule has 4 heteroatoms. The second-order valence-corrected chi connectivity index (χ2v) is 5.28. The van der Waals surface area contributed by atoms with Crippen LogP contribution in [0.5, 0.6) is 0 Å². The number of carbonyl (C=O) groups excluding carboxylic acids is 1. The van der Waals surface area contributed by atoms with Gasteiger partial charge in [-0.2, -0.15) is 0 Å². The first-order valence-corrected chi connectivity index (χ1v) is 7.27. The summed E-state index contributed by atoms with van der Waals surface area (Å²) in [6.45, 7) is 4.01. The van der Waals surface area contributed by atoms with Gasteiger partial charge in [-0.05, 0) is 37.8 Å². The zero-order valence-electron chi connectivity index (χ0n) is 12.3. The number of carbonyl (C=O) groups is 1. The van der Waals surface area contributed by atoms with Gasteiger partial charge < -0.3 is 15.2 Å². The smallest absolute Gasteiger partial charge is 0.252 e. The number of aryl methyl sites for hydroxylation is 1. The van der Waals surface area contributed by atoms with E-state index in [1.165, 1.54) is 0 Å². The molecule has 0 radical (unpaired) electrons. The highest BCUT2D eigenvalue weighted by atomic mass is 16.5. The van der Waals surface area contributed by atoms with Crippen LogP contribution in [0.4, 0.5) is 0 Å². The summed E-state index contributed by atoms with van der Waals surface area (Å²) < 4.78 is 5.32. The molecule has 4 nitrogen and oxygen atoms in total. The van der Waals surface area contributed by atoms with Crippen molar-refractivity contribution in [2.45, 2.75) is 19.8 Å². The molecule has 0 aromatic heterocycles. The number of hydrogen-bond acceptors (Lipinski definition) is 3. The lowest BCUT2D eigenvalue weighted by Gasteiger charge is -2.10. The van der Waals surface area contributed by atoms with Crippen molar-refractivity contribution < 1.29 is 14.6 Å². The highest BCUT2D eigenvalue weighted by Gasteiger charge is 2.16. The largest absolute Gasteiger partial charge is 0.384 e. The number of ether oxygens (including phenoxy) is 1. The zero-order chi connectivity index (χ0) is 15.1. The fourth-order valence-corrected chi connectivity index (χ4v) is 2.39. The van der Waals surface area contributed by atoms with E-state index in [0.29, 0.717) is 23.6 Å². The standard InChI is InChI=1S/C17H21NO3/c1-13-4-5-15(3-2-9-19)16(11-13)17(20)18-8-6-14-7-10-21-12-14/h4-5,11,14,19H,6-10,12H2,1H3,(H,18,20). The molecular weight excluding hydrogens is 266 g/mol. The lowest BCUT2D eigenvalue weighted by molar-refractivity contribution is 0.0950. The molecule has 0 bridgehead atoms. The molecule has 0 aliphatic carbocycles. The van der Waals surface area contributed by atoms with E-state index in [1.54, 1.807) is 0 Å². The third kappa shape index (κ3) is 4.59. The summed E-state index contributed by atoms with van der Waals surface area (Å²) in [5.74, 6) is 5.85. The number of aliphatic hydroxyl groups excluding tert-OH is 1. The predicted octanol–water partition coefficient (Wildman–Crippen LogP) is 1.50. The molecule has 1 aromatic carbocycles. The highest BCUT2D eigenvalue weighted by molar-refractivity contribution is 5.96. The van der Waals surface area contributed by atoms with Crippen LogP contribution in [0.25, 0.3) is 0 Å². The quantitative estimate of drug-likeness (QED) is 0.825. The summed E-state index contributed by atoms with van der Waals surface area (Å²) in [5, 5.41) is 11.7. The van der Waals surface area contributed by atoms with Crippen molar-refractivity contribution in [3.05, 3.63) is 34.9 Å². The Morgan fingerprint density at radius 3 is 3.10 bits per heavy atom. The minimum Gasteiger partial charge on any atom is -0.384 e. The Morgan fingerprint density at radius 2 is 2.38 bits per heavy atom. The number of hydrogen-bond donors (Lipinski definition) is 2. The Hall–Kier alpha value is -1.83. The van der Waals surface area contributed by atoms with Gasteiger partial charge in [-0.1, -0.05) is 23.5 Å². The van der Waals surface area contributed by atoms with E-state index in [1.807, 2.05) is 25.1 Å². The first-order chi connectivity index (χ1) is 10.2. The second kappa shape index (κ2) is 7.82. The van der Waals surface area contributed by atoms with Crippen molar-refractivity contribution in [2.75, 3.05) is 26.4 Å². The molecule has 1 fully saturated rings. The van der Waals surface area contributed by atoms with E-state index in [4.69, 9.17) is 9.84 Å². The minimum absolute atomic E-state index is 0.111. The monoisotopic (exact) mass is 287 g/mol. The summed E-state index contributed by atoms with van der Waals surface area (Å²) in [6.07, 6.45) is 2.02. The van der Waals surface area contributed by atoms with Gasteiger partial charge in [0.15, 0.2) is 0 Å². The van der Waals surface area contributed by atoms with Gasteiger partial charge in [0.05, 0.1) is 5.56 Å². The Labute approximate surface area is 125 Å². The zero-order valence-corrected chi connectivity index (χ0v) is 12.3. The molecule has 112 valence electrons. The average Bonchev–Trinajstić information content (AvgIpc) is 2.99. The van der Waals surface area contributed by atoms with Crippen LogP contribution in [0.1, 0.15) is 34.3 Å². The first-order valence-electron chi connectivity index (χ1n) is 7.27.